The summed E-state index contributed by atoms with van der Waals surface area (Å²) in [7, 11) is 0. The first-order valence-electron chi connectivity index (χ1n) is 7.10. The molecule has 4 heteroatoms. The van der Waals surface area contributed by atoms with Crippen LogP contribution in [-0.2, 0) is 9.53 Å². The zero-order chi connectivity index (χ0) is 15.3. The summed E-state index contributed by atoms with van der Waals surface area (Å²) in [5.74, 6) is 0.294. The second kappa shape index (κ2) is 7.29. The fraction of sp³-hybridized carbons (Fsp3) is 0.562. The van der Waals surface area contributed by atoms with Gasteiger partial charge < -0.3 is 15.2 Å². The van der Waals surface area contributed by atoms with Crippen molar-refractivity contribution >= 4 is 11.6 Å². The van der Waals surface area contributed by atoms with E-state index in [1.807, 2.05) is 40.7 Å². The summed E-state index contributed by atoms with van der Waals surface area (Å²) in [4.78, 5) is 11.9. The van der Waals surface area contributed by atoms with Gasteiger partial charge >= 0.3 is 0 Å². The largest absolute Gasteiger partial charge is 0.508 e. The molecule has 0 bridgehead atoms. The van der Waals surface area contributed by atoms with Crippen molar-refractivity contribution in [1.29, 1.82) is 0 Å². The molecule has 20 heavy (non-hydrogen) atoms. The lowest BCUT2D eigenvalue weighted by atomic mass is 9.99. The summed E-state index contributed by atoms with van der Waals surface area (Å²) in [5, 5.41) is 12.7. The Bertz CT molecular complexity index is 469. The van der Waals surface area contributed by atoms with E-state index in [9.17, 15) is 9.90 Å². The number of benzene rings is 1. The molecule has 0 heterocycles. The number of carbonyl (C=O) groups is 1. The molecule has 0 radical (unpaired) electrons. The highest BCUT2D eigenvalue weighted by Crippen LogP contribution is 2.31. The summed E-state index contributed by atoms with van der Waals surface area (Å²) in [6.07, 6.45) is 0.955. The molecule has 0 fully saturated rings. The minimum Gasteiger partial charge on any atom is -0.508 e. The van der Waals surface area contributed by atoms with Gasteiger partial charge in [-0.25, -0.2) is 0 Å². The number of phenols is 1. The Hall–Kier alpha value is -1.55. The number of aryl methyl sites for hydroxylation is 1. The molecule has 1 unspecified atom stereocenters. The molecule has 2 N–H and O–H groups in total. The molecule has 1 aromatic rings. The van der Waals surface area contributed by atoms with Crippen molar-refractivity contribution in [2.45, 2.75) is 53.1 Å². The number of hydrogen-bond donors (Lipinski definition) is 2. The molecule has 0 saturated carbocycles. The summed E-state index contributed by atoms with van der Waals surface area (Å²) in [6.45, 7) is 9.86. The first-order chi connectivity index (χ1) is 9.35. The Morgan fingerprint density at radius 2 is 2.00 bits per heavy atom. The fourth-order valence-corrected chi connectivity index (χ4v) is 1.83. The Balaban J connectivity index is 2.77. The predicted molar refractivity (Wildman–Crippen MR) is 81.3 cm³/mol. The van der Waals surface area contributed by atoms with Crippen LogP contribution in [0.15, 0.2) is 12.1 Å². The van der Waals surface area contributed by atoms with Gasteiger partial charge in [0.25, 0.3) is 0 Å². The Morgan fingerprint density at radius 3 is 2.55 bits per heavy atom. The zero-order valence-corrected chi connectivity index (χ0v) is 13.0. The number of rotatable bonds is 6. The number of nitrogens with one attached hydrogen (secondary N) is 1. The van der Waals surface area contributed by atoms with E-state index in [-0.39, 0.29) is 30.3 Å². The molecule has 0 aromatic heterocycles. The van der Waals surface area contributed by atoms with Crippen LogP contribution in [0, 0.1) is 6.92 Å². The van der Waals surface area contributed by atoms with Crippen molar-refractivity contribution in [3.63, 3.8) is 0 Å². The maximum absolute atomic E-state index is 11.9. The lowest BCUT2D eigenvalue weighted by Gasteiger charge is -2.15. The fourth-order valence-electron chi connectivity index (χ4n) is 1.83. The van der Waals surface area contributed by atoms with Gasteiger partial charge in [0.15, 0.2) is 0 Å². The van der Waals surface area contributed by atoms with Crippen LogP contribution in [0.4, 0.5) is 5.69 Å². The van der Waals surface area contributed by atoms with Crippen molar-refractivity contribution in [3.05, 3.63) is 23.3 Å². The monoisotopic (exact) mass is 279 g/mol. The van der Waals surface area contributed by atoms with Gasteiger partial charge in [0, 0.05) is 5.69 Å². The number of anilines is 1. The smallest absolute Gasteiger partial charge is 0.250 e. The van der Waals surface area contributed by atoms with Gasteiger partial charge in [0.1, 0.15) is 12.4 Å². The second-order valence-corrected chi connectivity index (χ2v) is 5.46. The number of ether oxygens (including phenoxy) is 1. The van der Waals surface area contributed by atoms with Crippen LogP contribution in [0.3, 0.4) is 0 Å². The van der Waals surface area contributed by atoms with Crippen LogP contribution in [-0.4, -0.2) is 23.7 Å². The van der Waals surface area contributed by atoms with Gasteiger partial charge in [0.05, 0.1) is 6.10 Å². The molecule has 1 aromatic carbocycles. The number of phenolic OH excluding ortho intramolecular Hbond substituents is 1. The SMILES string of the molecule is CCC(C)OCC(=O)Nc1cc(C(C)C)c(O)cc1C. The number of amides is 1. The van der Waals surface area contributed by atoms with Gasteiger partial charge in [-0.3, -0.25) is 4.79 Å². The van der Waals surface area contributed by atoms with Crippen molar-refractivity contribution in [1.82, 2.24) is 0 Å². The quantitative estimate of drug-likeness (QED) is 0.782. The van der Waals surface area contributed by atoms with Gasteiger partial charge in [0.2, 0.25) is 5.91 Å². The maximum Gasteiger partial charge on any atom is 0.250 e. The van der Waals surface area contributed by atoms with E-state index in [0.717, 1.165) is 23.2 Å². The highest BCUT2D eigenvalue weighted by molar-refractivity contribution is 5.92. The molecule has 1 rings (SSSR count). The van der Waals surface area contributed by atoms with Crippen molar-refractivity contribution < 1.29 is 14.6 Å². The third-order valence-electron chi connectivity index (χ3n) is 3.34. The Kier molecular flexibility index (Phi) is 6.02. The molecule has 0 aliphatic rings. The van der Waals surface area contributed by atoms with Crippen LogP contribution < -0.4 is 5.32 Å². The molecule has 112 valence electrons. The van der Waals surface area contributed by atoms with Crippen molar-refractivity contribution in [2.24, 2.45) is 0 Å². The predicted octanol–water partition coefficient (Wildman–Crippen LogP) is 3.58. The summed E-state index contributed by atoms with van der Waals surface area (Å²) >= 11 is 0. The number of hydrogen-bond acceptors (Lipinski definition) is 3. The van der Waals surface area contributed by atoms with Crippen LogP contribution in [0.25, 0.3) is 0 Å². The van der Waals surface area contributed by atoms with E-state index in [0.29, 0.717) is 0 Å². The first kappa shape index (κ1) is 16.5. The van der Waals surface area contributed by atoms with Crippen molar-refractivity contribution in [2.75, 3.05) is 11.9 Å². The third kappa shape index (κ3) is 4.53. The van der Waals surface area contributed by atoms with Crippen LogP contribution in [0.5, 0.6) is 5.75 Å². The average Bonchev–Trinajstić information content (AvgIpc) is 2.38. The molecule has 1 atom stereocenters. The minimum absolute atomic E-state index is 0.0480. The van der Waals surface area contributed by atoms with E-state index in [2.05, 4.69) is 5.32 Å². The number of carbonyl (C=O) groups excluding carboxylic acids is 1. The van der Waals surface area contributed by atoms with Crippen LogP contribution in [0.2, 0.25) is 0 Å². The molecular formula is C16H25NO3. The molecule has 1 amide bonds. The maximum atomic E-state index is 11.9. The second-order valence-electron chi connectivity index (χ2n) is 5.46. The summed E-state index contributed by atoms with van der Waals surface area (Å²) < 4.78 is 5.40. The van der Waals surface area contributed by atoms with Crippen LogP contribution in [0.1, 0.15) is 51.2 Å². The Labute approximate surface area is 121 Å². The summed E-state index contributed by atoms with van der Waals surface area (Å²) in [6, 6.07) is 3.51. The third-order valence-corrected chi connectivity index (χ3v) is 3.34. The first-order valence-corrected chi connectivity index (χ1v) is 7.10. The molecule has 0 spiro atoms. The van der Waals surface area contributed by atoms with Crippen molar-refractivity contribution in [3.8, 4) is 5.75 Å². The van der Waals surface area contributed by atoms with E-state index in [1.165, 1.54) is 0 Å². The number of aromatic hydroxyl groups is 1. The molecule has 0 aliphatic heterocycles. The molecular weight excluding hydrogens is 254 g/mol. The van der Waals surface area contributed by atoms with E-state index in [1.54, 1.807) is 6.07 Å². The van der Waals surface area contributed by atoms with E-state index < -0.39 is 0 Å². The normalized spacial score (nSPS) is 12.5. The molecule has 0 aliphatic carbocycles. The Morgan fingerprint density at radius 1 is 1.35 bits per heavy atom. The standard InChI is InChI=1S/C16H25NO3/c1-6-12(5)20-9-16(19)17-14-8-13(10(2)3)15(18)7-11(14)4/h7-8,10,12,18H,6,9H2,1-5H3,(H,17,19). The average molecular weight is 279 g/mol. The molecule has 0 saturated heterocycles. The minimum atomic E-state index is -0.172. The highest BCUT2D eigenvalue weighted by atomic mass is 16.5. The topological polar surface area (TPSA) is 58.6 Å². The lowest BCUT2D eigenvalue weighted by Crippen LogP contribution is -2.22. The zero-order valence-electron chi connectivity index (χ0n) is 13.0. The van der Waals surface area contributed by atoms with E-state index in [4.69, 9.17) is 4.74 Å². The lowest BCUT2D eigenvalue weighted by molar-refractivity contribution is -0.122. The van der Waals surface area contributed by atoms with Gasteiger partial charge in [-0.2, -0.15) is 0 Å². The highest BCUT2D eigenvalue weighted by Gasteiger charge is 2.12. The summed E-state index contributed by atoms with van der Waals surface area (Å²) in [5.41, 5.74) is 2.39. The van der Waals surface area contributed by atoms with Crippen LogP contribution >= 0.6 is 0 Å². The molecule has 4 nitrogen and oxygen atoms in total. The van der Waals surface area contributed by atoms with Gasteiger partial charge in [-0.05, 0) is 49.4 Å². The van der Waals surface area contributed by atoms with Gasteiger partial charge in [-0.15, -0.1) is 0 Å². The van der Waals surface area contributed by atoms with Gasteiger partial charge in [-0.1, -0.05) is 20.8 Å². The van der Waals surface area contributed by atoms with E-state index >= 15 is 0 Å².